The molecule has 0 aliphatic rings. The fourth-order valence-corrected chi connectivity index (χ4v) is 0.393. The summed E-state index contributed by atoms with van der Waals surface area (Å²) < 4.78 is 0. The van der Waals surface area contributed by atoms with Gasteiger partial charge in [-0.3, -0.25) is 4.79 Å². The first-order valence-electron chi connectivity index (χ1n) is 2.93. The van der Waals surface area contributed by atoms with Gasteiger partial charge in [-0.1, -0.05) is 12.0 Å². The number of nitrogens with zero attached hydrogens (tertiary/aromatic N) is 3. The summed E-state index contributed by atoms with van der Waals surface area (Å²) in [7, 11) is 0. The minimum Gasteiger partial charge on any atom is -0.369 e. The van der Waals surface area contributed by atoms with E-state index in [-0.39, 0.29) is 0 Å². The number of azide groups is 1. The van der Waals surface area contributed by atoms with E-state index in [1.165, 1.54) is 6.92 Å². The van der Waals surface area contributed by atoms with Crippen LogP contribution in [0.15, 0.2) is 5.11 Å². The maximum absolute atomic E-state index is 10.6. The van der Waals surface area contributed by atoms with Gasteiger partial charge in [0.15, 0.2) is 0 Å². The molecule has 2 N–H and O–H groups in total. The van der Waals surface area contributed by atoms with Crippen molar-refractivity contribution in [3.05, 3.63) is 10.4 Å². The lowest BCUT2D eigenvalue weighted by Crippen LogP contribution is -2.38. The zero-order valence-electron chi connectivity index (χ0n) is 6.03. The van der Waals surface area contributed by atoms with Gasteiger partial charge in [0.1, 0.15) is 5.54 Å². The predicted octanol–water partition coefficient (Wildman–Crippen LogP) is 0.951. The normalized spacial score (nSPS) is 15.0. The van der Waals surface area contributed by atoms with E-state index in [1.807, 2.05) is 0 Å². The van der Waals surface area contributed by atoms with Crippen molar-refractivity contribution < 1.29 is 4.79 Å². The quantitative estimate of drug-likeness (QED) is 0.354. The summed E-state index contributed by atoms with van der Waals surface area (Å²) in [5, 5.41) is 3.28. The van der Waals surface area contributed by atoms with Gasteiger partial charge in [0.25, 0.3) is 0 Å². The van der Waals surface area contributed by atoms with Crippen LogP contribution in [0.3, 0.4) is 0 Å². The van der Waals surface area contributed by atoms with E-state index in [1.54, 1.807) is 6.92 Å². The third kappa shape index (κ3) is 1.63. The van der Waals surface area contributed by atoms with E-state index < -0.39 is 11.4 Å². The lowest BCUT2D eigenvalue weighted by Gasteiger charge is -2.15. The molecule has 0 saturated heterocycles. The molecule has 5 nitrogen and oxygen atoms in total. The molecule has 0 aromatic rings. The second-order valence-corrected chi connectivity index (χ2v) is 2.18. The zero-order chi connectivity index (χ0) is 8.20. The maximum Gasteiger partial charge on any atom is 0.229 e. The van der Waals surface area contributed by atoms with Crippen LogP contribution in [0.4, 0.5) is 0 Å². The minimum atomic E-state index is -1.06. The van der Waals surface area contributed by atoms with E-state index in [9.17, 15) is 4.79 Å². The van der Waals surface area contributed by atoms with Crippen molar-refractivity contribution in [3.63, 3.8) is 0 Å². The molecule has 1 amide bonds. The lowest BCUT2D eigenvalue weighted by molar-refractivity contribution is -0.122. The molecule has 0 unspecified atom stereocenters. The summed E-state index contributed by atoms with van der Waals surface area (Å²) in [6.07, 6.45) is 0.423. The molecule has 0 rings (SSSR count). The van der Waals surface area contributed by atoms with Gasteiger partial charge in [-0.15, -0.1) is 0 Å². The number of nitrogens with two attached hydrogens (primary N) is 1. The van der Waals surface area contributed by atoms with Crippen molar-refractivity contribution in [1.29, 1.82) is 0 Å². The first-order chi connectivity index (χ1) is 4.56. The van der Waals surface area contributed by atoms with E-state index in [4.69, 9.17) is 11.3 Å². The average molecular weight is 142 g/mol. The molecule has 0 aromatic heterocycles. The van der Waals surface area contributed by atoms with Crippen LogP contribution in [0, 0.1) is 0 Å². The highest BCUT2D eigenvalue weighted by molar-refractivity contribution is 5.84. The highest BCUT2D eigenvalue weighted by atomic mass is 16.1. The molecule has 0 heterocycles. The van der Waals surface area contributed by atoms with Crippen LogP contribution in [-0.4, -0.2) is 11.4 Å². The van der Waals surface area contributed by atoms with Gasteiger partial charge < -0.3 is 5.73 Å². The van der Waals surface area contributed by atoms with Crippen LogP contribution in [-0.2, 0) is 4.79 Å². The number of rotatable bonds is 3. The first-order valence-corrected chi connectivity index (χ1v) is 2.93. The number of hydrogen-bond acceptors (Lipinski definition) is 2. The molecule has 0 saturated carbocycles. The Balaban J connectivity index is 4.54. The van der Waals surface area contributed by atoms with Crippen molar-refractivity contribution in [2.75, 3.05) is 0 Å². The Hall–Kier alpha value is -1.22. The molecule has 56 valence electrons. The van der Waals surface area contributed by atoms with Crippen LogP contribution in [0.25, 0.3) is 10.4 Å². The average Bonchev–Trinajstić information content (AvgIpc) is 1.88. The maximum atomic E-state index is 10.6. The van der Waals surface area contributed by atoms with Gasteiger partial charge in [-0.05, 0) is 18.9 Å². The Bertz CT molecular complexity index is 180. The van der Waals surface area contributed by atoms with Crippen LogP contribution < -0.4 is 5.73 Å². The van der Waals surface area contributed by atoms with E-state index in [2.05, 4.69) is 10.0 Å². The Morgan fingerprint density at radius 3 is 2.50 bits per heavy atom. The molecule has 1 atom stereocenters. The fourth-order valence-electron chi connectivity index (χ4n) is 0.393. The molecular weight excluding hydrogens is 132 g/mol. The smallest absolute Gasteiger partial charge is 0.229 e. The van der Waals surface area contributed by atoms with Crippen molar-refractivity contribution in [1.82, 2.24) is 0 Å². The van der Waals surface area contributed by atoms with Crippen LogP contribution in [0.2, 0.25) is 0 Å². The van der Waals surface area contributed by atoms with Crippen molar-refractivity contribution in [3.8, 4) is 0 Å². The number of carbonyl (C=O) groups is 1. The molecule has 0 fully saturated rings. The van der Waals surface area contributed by atoms with E-state index >= 15 is 0 Å². The van der Waals surface area contributed by atoms with Crippen molar-refractivity contribution in [2.24, 2.45) is 10.8 Å². The Morgan fingerprint density at radius 2 is 2.40 bits per heavy atom. The van der Waals surface area contributed by atoms with Crippen molar-refractivity contribution in [2.45, 2.75) is 25.8 Å². The summed E-state index contributed by atoms with van der Waals surface area (Å²) in [4.78, 5) is 13.1. The largest absolute Gasteiger partial charge is 0.369 e. The Morgan fingerprint density at radius 1 is 1.90 bits per heavy atom. The molecule has 5 heteroatoms. The number of hydrogen-bond donors (Lipinski definition) is 1. The topological polar surface area (TPSA) is 91.8 Å². The predicted molar refractivity (Wildman–Crippen MR) is 37.0 cm³/mol. The summed E-state index contributed by atoms with van der Waals surface area (Å²) >= 11 is 0. The summed E-state index contributed by atoms with van der Waals surface area (Å²) in [5.74, 6) is -0.590. The molecule has 0 spiro atoms. The summed E-state index contributed by atoms with van der Waals surface area (Å²) in [5.41, 5.74) is 11.9. The molecule has 0 aliphatic carbocycles. The molecule has 0 aromatic carbocycles. The monoisotopic (exact) mass is 142 g/mol. The number of primary amides is 1. The fraction of sp³-hybridized carbons (Fsp3) is 0.800. The van der Waals surface area contributed by atoms with E-state index in [0.717, 1.165) is 0 Å². The van der Waals surface area contributed by atoms with Gasteiger partial charge in [0, 0.05) is 4.91 Å². The summed E-state index contributed by atoms with van der Waals surface area (Å²) in [6.45, 7) is 3.24. The molecule has 0 bridgehead atoms. The number of amides is 1. The van der Waals surface area contributed by atoms with E-state index in [0.29, 0.717) is 6.42 Å². The molecule has 0 aliphatic heterocycles. The second kappa shape index (κ2) is 3.08. The van der Waals surface area contributed by atoms with Gasteiger partial charge >= 0.3 is 0 Å². The van der Waals surface area contributed by atoms with Crippen LogP contribution in [0.1, 0.15) is 20.3 Å². The summed E-state index contributed by atoms with van der Waals surface area (Å²) in [6, 6.07) is 0. The van der Waals surface area contributed by atoms with Gasteiger partial charge in [-0.25, -0.2) is 0 Å². The Kier molecular flexibility index (Phi) is 2.70. The number of carbonyl (C=O) groups excluding carboxylic acids is 1. The zero-order valence-corrected chi connectivity index (χ0v) is 6.03. The SMILES string of the molecule is CC[C@@](C)(N=[N+]=[N-])C(N)=O. The first kappa shape index (κ1) is 8.78. The molecule has 10 heavy (non-hydrogen) atoms. The van der Waals surface area contributed by atoms with Crippen molar-refractivity contribution >= 4 is 5.91 Å². The van der Waals surface area contributed by atoms with Gasteiger partial charge in [0.05, 0.1) is 0 Å². The molecular formula is C5H10N4O. The van der Waals surface area contributed by atoms with Crippen LogP contribution in [0.5, 0.6) is 0 Å². The highest BCUT2D eigenvalue weighted by Gasteiger charge is 2.26. The van der Waals surface area contributed by atoms with Crippen LogP contribution >= 0.6 is 0 Å². The molecule has 0 radical (unpaired) electrons. The highest BCUT2D eigenvalue weighted by Crippen LogP contribution is 2.13. The standard InChI is InChI=1S/C5H10N4O/c1-3-5(2,4(6)10)8-9-7/h3H2,1-2H3,(H2,6,10)/t5-/m1/s1. The minimum absolute atomic E-state index is 0.423. The third-order valence-corrected chi connectivity index (χ3v) is 1.48. The lowest BCUT2D eigenvalue weighted by atomic mass is 10.0. The second-order valence-electron chi connectivity index (χ2n) is 2.18. The van der Waals surface area contributed by atoms with Gasteiger partial charge in [0.2, 0.25) is 5.91 Å². The third-order valence-electron chi connectivity index (χ3n) is 1.48. The Labute approximate surface area is 58.8 Å². The van der Waals surface area contributed by atoms with Gasteiger partial charge in [-0.2, -0.15) is 0 Å².